The molecule has 0 unspecified atom stereocenters. The third-order valence-electron chi connectivity index (χ3n) is 1.81. The Bertz CT molecular complexity index is 511. The van der Waals surface area contributed by atoms with E-state index in [-0.39, 0.29) is 17.3 Å². The van der Waals surface area contributed by atoms with Crippen LogP contribution in [0.2, 0.25) is 0 Å². The summed E-state index contributed by atoms with van der Waals surface area (Å²) in [7, 11) is -3.80. The summed E-state index contributed by atoms with van der Waals surface area (Å²) in [5, 5.41) is 0. The molecule has 0 saturated heterocycles. The summed E-state index contributed by atoms with van der Waals surface area (Å²) < 4.78 is 32.8. The van der Waals surface area contributed by atoms with Crippen LogP contribution in [-0.4, -0.2) is 15.0 Å². The Balaban J connectivity index is 3.28. The van der Waals surface area contributed by atoms with Crippen LogP contribution in [0.4, 0.5) is 0 Å². The van der Waals surface area contributed by atoms with Crippen molar-refractivity contribution in [2.45, 2.75) is 18.7 Å². The van der Waals surface area contributed by atoms with Crippen molar-refractivity contribution in [1.29, 1.82) is 0 Å². The van der Waals surface area contributed by atoms with Crippen molar-refractivity contribution in [3.63, 3.8) is 0 Å². The highest BCUT2D eigenvalue weighted by atomic mass is 32.2. The van der Waals surface area contributed by atoms with Crippen molar-refractivity contribution in [2.24, 2.45) is 0 Å². The standard InChI is InChI=1S/C11H12O4S/c1-4-14-10-8-9(3)6-7-11(10)16(12,13)15-5-2/h1,6-8H,5H2,2-3H3. The van der Waals surface area contributed by atoms with Crippen LogP contribution >= 0.6 is 0 Å². The Hall–Kier alpha value is -1.51. The topological polar surface area (TPSA) is 52.6 Å². The fourth-order valence-corrected chi connectivity index (χ4v) is 2.20. The van der Waals surface area contributed by atoms with Gasteiger partial charge in [0.2, 0.25) is 0 Å². The lowest BCUT2D eigenvalue weighted by Crippen LogP contribution is -2.07. The van der Waals surface area contributed by atoms with Gasteiger partial charge in [-0.15, -0.1) is 0 Å². The second kappa shape index (κ2) is 5.01. The van der Waals surface area contributed by atoms with Gasteiger partial charge in [0, 0.05) is 0 Å². The van der Waals surface area contributed by atoms with Crippen molar-refractivity contribution >= 4 is 10.1 Å². The van der Waals surface area contributed by atoms with Gasteiger partial charge >= 0.3 is 10.1 Å². The lowest BCUT2D eigenvalue weighted by atomic mass is 10.2. The van der Waals surface area contributed by atoms with E-state index in [1.165, 1.54) is 6.07 Å². The number of terminal acetylenes is 1. The Morgan fingerprint density at radius 2 is 2.12 bits per heavy atom. The molecule has 0 aliphatic rings. The molecular formula is C11H12O4S. The maximum absolute atomic E-state index is 11.7. The molecule has 4 nitrogen and oxygen atoms in total. The van der Waals surface area contributed by atoms with Gasteiger partial charge in [-0.25, -0.2) is 0 Å². The van der Waals surface area contributed by atoms with Crippen molar-refractivity contribution in [3.05, 3.63) is 23.8 Å². The monoisotopic (exact) mass is 240 g/mol. The highest BCUT2D eigenvalue weighted by molar-refractivity contribution is 7.86. The Morgan fingerprint density at radius 1 is 1.44 bits per heavy atom. The van der Waals surface area contributed by atoms with E-state index in [1.807, 2.05) is 6.11 Å². The van der Waals surface area contributed by atoms with E-state index in [0.29, 0.717) is 0 Å². The predicted molar refractivity (Wildman–Crippen MR) is 59.5 cm³/mol. The first-order chi connectivity index (χ1) is 7.51. The number of hydrogen-bond donors (Lipinski definition) is 0. The summed E-state index contributed by atoms with van der Waals surface area (Å²) in [6.07, 6.45) is 6.93. The fraction of sp³-hybridized carbons (Fsp3) is 0.273. The van der Waals surface area contributed by atoms with Gasteiger partial charge in [-0.05, 0) is 31.5 Å². The second-order valence-electron chi connectivity index (χ2n) is 3.03. The van der Waals surface area contributed by atoms with Gasteiger partial charge in [0.05, 0.1) is 6.61 Å². The van der Waals surface area contributed by atoms with Gasteiger partial charge < -0.3 is 4.74 Å². The lowest BCUT2D eigenvalue weighted by Gasteiger charge is -2.08. The van der Waals surface area contributed by atoms with Crippen LogP contribution in [0.1, 0.15) is 12.5 Å². The summed E-state index contributed by atoms with van der Waals surface area (Å²) in [6.45, 7) is 3.46. The van der Waals surface area contributed by atoms with Gasteiger partial charge in [0.15, 0.2) is 5.75 Å². The first kappa shape index (κ1) is 12.6. The molecule has 86 valence electrons. The maximum Gasteiger partial charge on any atom is 0.300 e. The molecule has 0 amide bonds. The molecule has 1 aromatic carbocycles. The van der Waals surface area contributed by atoms with Gasteiger partial charge in [0.25, 0.3) is 0 Å². The molecule has 5 heteroatoms. The van der Waals surface area contributed by atoms with Crippen molar-refractivity contribution in [1.82, 2.24) is 0 Å². The average molecular weight is 240 g/mol. The molecule has 0 aliphatic carbocycles. The quantitative estimate of drug-likeness (QED) is 0.593. The number of hydrogen-bond acceptors (Lipinski definition) is 4. The van der Waals surface area contributed by atoms with Crippen LogP contribution in [0.5, 0.6) is 5.75 Å². The molecule has 1 aromatic rings. The molecule has 0 bridgehead atoms. The third-order valence-corrected chi connectivity index (χ3v) is 3.23. The van der Waals surface area contributed by atoms with E-state index in [2.05, 4.69) is 4.18 Å². The molecule has 1 rings (SSSR count). The predicted octanol–water partition coefficient (Wildman–Crippen LogP) is 1.69. The van der Waals surface area contributed by atoms with Crippen LogP contribution < -0.4 is 4.74 Å². The zero-order valence-electron chi connectivity index (χ0n) is 9.06. The molecule has 0 radical (unpaired) electrons. The molecule has 0 aromatic heterocycles. The summed E-state index contributed by atoms with van der Waals surface area (Å²) in [4.78, 5) is -0.0575. The molecule has 0 saturated carbocycles. The number of benzene rings is 1. The smallest absolute Gasteiger partial charge is 0.300 e. The Labute approximate surface area is 95.3 Å². The van der Waals surface area contributed by atoms with Crippen LogP contribution in [0.15, 0.2) is 23.1 Å². The lowest BCUT2D eigenvalue weighted by molar-refractivity contribution is 0.336. The molecule has 0 heterocycles. The van der Waals surface area contributed by atoms with Crippen LogP contribution in [0.3, 0.4) is 0 Å². The van der Waals surface area contributed by atoms with Crippen molar-refractivity contribution in [2.75, 3.05) is 6.61 Å². The van der Waals surface area contributed by atoms with E-state index in [9.17, 15) is 8.42 Å². The number of rotatable bonds is 4. The van der Waals surface area contributed by atoms with E-state index in [1.54, 1.807) is 26.0 Å². The Kier molecular flexibility index (Phi) is 3.93. The zero-order chi connectivity index (χ0) is 12.2. The molecule has 0 aliphatic heterocycles. The van der Waals surface area contributed by atoms with E-state index in [4.69, 9.17) is 11.2 Å². The normalized spacial score (nSPS) is 10.8. The molecular weight excluding hydrogens is 228 g/mol. The molecule has 0 fully saturated rings. The summed E-state index contributed by atoms with van der Waals surface area (Å²) in [5.74, 6) is 0.107. The van der Waals surface area contributed by atoms with E-state index in [0.717, 1.165) is 5.56 Å². The maximum atomic E-state index is 11.7. The first-order valence-corrected chi connectivity index (χ1v) is 6.04. The van der Waals surface area contributed by atoms with Gasteiger partial charge in [-0.2, -0.15) is 8.42 Å². The third kappa shape index (κ3) is 2.75. The minimum Gasteiger partial charge on any atom is -0.406 e. The highest BCUT2D eigenvalue weighted by Crippen LogP contribution is 2.26. The zero-order valence-corrected chi connectivity index (χ0v) is 9.87. The van der Waals surface area contributed by atoms with Crippen LogP contribution in [-0.2, 0) is 14.3 Å². The Morgan fingerprint density at radius 3 is 2.69 bits per heavy atom. The van der Waals surface area contributed by atoms with Crippen molar-refractivity contribution < 1.29 is 17.3 Å². The van der Waals surface area contributed by atoms with E-state index < -0.39 is 10.1 Å². The fourth-order valence-electron chi connectivity index (χ4n) is 1.18. The first-order valence-electron chi connectivity index (χ1n) is 4.63. The summed E-state index contributed by atoms with van der Waals surface area (Å²) in [5.41, 5.74) is 0.848. The van der Waals surface area contributed by atoms with Gasteiger partial charge in [-0.3, -0.25) is 4.18 Å². The second-order valence-corrected chi connectivity index (χ2v) is 4.61. The SMILES string of the molecule is C#COc1cc(C)ccc1S(=O)(=O)OCC. The van der Waals surface area contributed by atoms with Gasteiger partial charge in [0.1, 0.15) is 11.0 Å². The largest absolute Gasteiger partial charge is 0.406 e. The number of aryl methyl sites for hydroxylation is 1. The van der Waals surface area contributed by atoms with Crippen LogP contribution in [0, 0.1) is 19.5 Å². The van der Waals surface area contributed by atoms with Gasteiger partial charge in [-0.1, -0.05) is 12.5 Å². The minimum absolute atomic E-state index is 0.0575. The molecule has 0 spiro atoms. The van der Waals surface area contributed by atoms with Crippen LogP contribution in [0.25, 0.3) is 0 Å². The average Bonchev–Trinajstić information content (AvgIpc) is 2.17. The van der Waals surface area contributed by atoms with E-state index >= 15 is 0 Å². The molecule has 0 atom stereocenters. The number of ether oxygens (including phenoxy) is 1. The minimum atomic E-state index is -3.80. The summed E-state index contributed by atoms with van der Waals surface area (Å²) in [6, 6.07) is 4.61. The molecule has 0 N–H and O–H groups in total. The molecule has 16 heavy (non-hydrogen) atoms. The summed E-state index contributed by atoms with van der Waals surface area (Å²) >= 11 is 0. The van der Waals surface area contributed by atoms with Crippen molar-refractivity contribution in [3.8, 4) is 18.3 Å². The highest BCUT2D eigenvalue weighted by Gasteiger charge is 2.20.